The topological polar surface area (TPSA) is 75.4 Å². The average Bonchev–Trinajstić information content (AvgIpc) is 3.31. The Morgan fingerprint density at radius 1 is 1.30 bits per heavy atom. The fourth-order valence-corrected chi connectivity index (χ4v) is 2.63. The fraction of sp³-hybridized carbons (Fsp3) is 0.353. The largest absolute Gasteiger partial charge is 0.480 e. The van der Waals surface area contributed by atoms with Crippen molar-refractivity contribution >= 4 is 11.9 Å². The minimum atomic E-state index is -0.986. The zero-order valence-corrected chi connectivity index (χ0v) is 13.0. The van der Waals surface area contributed by atoms with Gasteiger partial charge in [0.05, 0.1) is 18.3 Å². The number of aliphatic carboxylic acids is 1. The van der Waals surface area contributed by atoms with Gasteiger partial charge in [-0.1, -0.05) is 30.3 Å². The summed E-state index contributed by atoms with van der Waals surface area (Å²) in [6.07, 6.45) is 3.28. The standard InChI is InChI=1S/C17H19N3O3/c1-12-15(17(23)19(11-16(21)22)14-7-8-14)9-18-20(12)10-13-5-3-2-4-6-13/h2-6,9,14H,7-8,10-11H2,1H3,(H,21,22). The highest BCUT2D eigenvalue weighted by molar-refractivity contribution is 5.97. The smallest absolute Gasteiger partial charge is 0.323 e. The Labute approximate surface area is 134 Å². The van der Waals surface area contributed by atoms with E-state index in [0.717, 1.165) is 24.1 Å². The molecule has 1 aromatic heterocycles. The van der Waals surface area contributed by atoms with E-state index in [0.29, 0.717) is 12.1 Å². The van der Waals surface area contributed by atoms with Crippen LogP contribution in [0.3, 0.4) is 0 Å². The van der Waals surface area contributed by atoms with Crippen LogP contribution >= 0.6 is 0 Å². The molecule has 0 saturated heterocycles. The van der Waals surface area contributed by atoms with Crippen LogP contribution in [0, 0.1) is 6.92 Å². The van der Waals surface area contributed by atoms with E-state index < -0.39 is 5.97 Å². The van der Waals surface area contributed by atoms with Gasteiger partial charge in [0, 0.05) is 11.7 Å². The van der Waals surface area contributed by atoms with Gasteiger partial charge in [-0.2, -0.15) is 5.10 Å². The van der Waals surface area contributed by atoms with Crippen LogP contribution in [0.4, 0.5) is 0 Å². The summed E-state index contributed by atoms with van der Waals surface area (Å²) in [5.41, 5.74) is 2.34. The molecule has 0 atom stereocenters. The number of carboxylic acid groups (broad SMARTS) is 1. The molecule has 6 nitrogen and oxygen atoms in total. The minimum Gasteiger partial charge on any atom is -0.480 e. The second-order valence-electron chi connectivity index (χ2n) is 5.84. The molecule has 0 radical (unpaired) electrons. The number of hydrogen-bond donors (Lipinski definition) is 1. The summed E-state index contributed by atoms with van der Waals surface area (Å²) < 4.78 is 1.77. The van der Waals surface area contributed by atoms with E-state index >= 15 is 0 Å². The summed E-state index contributed by atoms with van der Waals surface area (Å²) in [4.78, 5) is 25.1. The number of nitrogens with zero attached hydrogens (tertiary/aromatic N) is 3. The zero-order valence-electron chi connectivity index (χ0n) is 13.0. The Bertz CT molecular complexity index is 720. The van der Waals surface area contributed by atoms with E-state index in [9.17, 15) is 9.59 Å². The summed E-state index contributed by atoms with van der Waals surface area (Å²) >= 11 is 0. The van der Waals surface area contributed by atoms with Gasteiger partial charge in [0.15, 0.2) is 0 Å². The Kier molecular flexibility index (Phi) is 4.14. The van der Waals surface area contributed by atoms with Gasteiger partial charge in [-0.05, 0) is 25.3 Å². The number of hydrogen-bond acceptors (Lipinski definition) is 3. The van der Waals surface area contributed by atoms with Gasteiger partial charge < -0.3 is 10.0 Å². The molecule has 6 heteroatoms. The maximum absolute atomic E-state index is 12.7. The molecule has 1 aliphatic rings. The van der Waals surface area contributed by atoms with Gasteiger partial charge in [-0.25, -0.2) is 0 Å². The molecule has 1 aromatic carbocycles. The lowest BCUT2D eigenvalue weighted by Crippen LogP contribution is -2.37. The highest BCUT2D eigenvalue weighted by Gasteiger charge is 2.35. The van der Waals surface area contributed by atoms with E-state index in [4.69, 9.17) is 5.11 Å². The van der Waals surface area contributed by atoms with Crippen LogP contribution in [0.2, 0.25) is 0 Å². The summed E-state index contributed by atoms with van der Waals surface area (Å²) in [5, 5.41) is 13.3. The third-order valence-electron chi connectivity index (χ3n) is 4.06. The lowest BCUT2D eigenvalue weighted by molar-refractivity contribution is -0.137. The average molecular weight is 313 g/mol. The van der Waals surface area contributed by atoms with E-state index in [1.54, 1.807) is 4.68 Å². The molecule has 1 amide bonds. The number of carbonyl (C=O) groups excluding carboxylic acids is 1. The molecule has 0 unspecified atom stereocenters. The summed E-state index contributed by atoms with van der Waals surface area (Å²) in [7, 11) is 0. The first-order chi connectivity index (χ1) is 11.1. The Morgan fingerprint density at radius 3 is 2.61 bits per heavy atom. The molecule has 120 valence electrons. The highest BCUT2D eigenvalue weighted by Crippen LogP contribution is 2.28. The number of carbonyl (C=O) groups is 2. The molecule has 0 spiro atoms. The number of benzene rings is 1. The van der Waals surface area contributed by atoms with Crippen molar-refractivity contribution < 1.29 is 14.7 Å². The van der Waals surface area contributed by atoms with E-state index in [2.05, 4.69) is 5.10 Å². The number of carboxylic acids is 1. The fourth-order valence-electron chi connectivity index (χ4n) is 2.63. The Balaban J connectivity index is 1.80. The maximum atomic E-state index is 12.7. The molecular formula is C17H19N3O3. The molecule has 0 aliphatic heterocycles. The van der Waals surface area contributed by atoms with Crippen molar-refractivity contribution in [3.63, 3.8) is 0 Å². The predicted molar refractivity (Wildman–Crippen MR) is 84.2 cm³/mol. The second-order valence-corrected chi connectivity index (χ2v) is 5.84. The van der Waals surface area contributed by atoms with Gasteiger partial charge in [0.2, 0.25) is 0 Å². The second kappa shape index (κ2) is 6.24. The SMILES string of the molecule is Cc1c(C(=O)N(CC(=O)O)C2CC2)cnn1Cc1ccccc1. The number of rotatable bonds is 6. The molecule has 3 rings (SSSR count). The molecule has 1 saturated carbocycles. The van der Waals surface area contributed by atoms with Crippen LogP contribution in [0.5, 0.6) is 0 Å². The van der Waals surface area contributed by atoms with Crippen LogP contribution in [0.1, 0.15) is 34.5 Å². The van der Waals surface area contributed by atoms with Crippen LogP contribution in [0.25, 0.3) is 0 Å². The van der Waals surface area contributed by atoms with Crippen LogP contribution < -0.4 is 0 Å². The van der Waals surface area contributed by atoms with E-state index in [1.807, 2.05) is 37.3 Å². The Hall–Kier alpha value is -2.63. The summed E-state index contributed by atoms with van der Waals surface area (Å²) in [6.45, 7) is 2.17. The van der Waals surface area contributed by atoms with Crippen LogP contribution in [-0.2, 0) is 11.3 Å². The molecule has 0 bridgehead atoms. The molecule has 23 heavy (non-hydrogen) atoms. The van der Waals surface area contributed by atoms with Gasteiger partial charge in [-0.3, -0.25) is 14.3 Å². The third-order valence-corrected chi connectivity index (χ3v) is 4.06. The van der Waals surface area contributed by atoms with Gasteiger partial charge in [0.25, 0.3) is 5.91 Å². The summed E-state index contributed by atoms with van der Waals surface area (Å²) in [6, 6.07) is 9.93. The van der Waals surface area contributed by atoms with Crippen molar-refractivity contribution in [3.8, 4) is 0 Å². The highest BCUT2D eigenvalue weighted by atomic mass is 16.4. The van der Waals surface area contributed by atoms with Gasteiger partial charge >= 0.3 is 5.97 Å². The number of aromatic nitrogens is 2. The van der Waals surface area contributed by atoms with Gasteiger partial charge in [0.1, 0.15) is 6.54 Å². The van der Waals surface area contributed by atoms with Crippen molar-refractivity contribution in [2.24, 2.45) is 0 Å². The van der Waals surface area contributed by atoms with Crippen molar-refractivity contribution in [2.45, 2.75) is 32.4 Å². The molecular weight excluding hydrogens is 294 g/mol. The van der Waals surface area contributed by atoms with Crippen molar-refractivity contribution in [1.82, 2.24) is 14.7 Å². The minimum absolute atomic E-state index is 0.0514. The first-order valence-corrected chi connectivity index (χ1v) is 7.65. The molecule has 1 aliphatic carbocycles. The Morgan fingerprint density at radius 2 is 2.00 bits per heavy atom. The number of amides is 1. The predicted octanol–water partition coefficient (Wildman–Crippen LogP) is 1.93. The lowest BCUT2D eigenvalue weighted by atomic mass is 10.2. The zero-order chi connectivity index (χ0) is 16.4. The maximum Gasteiger partial charge on any atom is 0.323 e. The van der Waals surface area contributed by atoms with E-state index in [-0.39, 0.29) is 18.5 Å². The monoisotopic (exact) mass is 313 g/mol. The van der Waals surface area contributed by atoms with Crippen LogP contribution in [-0.4, -0.2) is 44.3 Å². The normalized spacial score (nSPS) is 13.8. The van der Waals surface area contributed by atoms with Crippen molar-refractivity contribution in [1.29, 1.82) is 0 Å². The molecule has 1 N–H and O–H groups in total. The molecule has 1 heterocycles. The molecule has 2 aromatic rings. The van der Waals surface area contributed by atoms with E-state index in [1.165, 1.54) is 11.1 Å². The first kappa shape index (κ1) is 15.3. The summed E-state index contributed by atoms with van der Waals surface area (Å²) in [5.74, 6) is -1.23. The first-order valence-electron chi connectivity index (χ1n) is 7.65. The van der Waals surface area contributed by atoms with Gasteiger partial charge in [-0.15, -0.1) is 0 Å². The lowest BCUT2D eigenvalue weighted by Gasteiger charge is -2.19. The van der Waals surface area contributed by atoms with Crippen LogP contribution in [0.15, 0.2) is 36.5 Å². The quantitative estimate of drug-likeness (QED) is 0.884. The van der Waals surface area contributed by atoms with Crippen molar-refractivity contribution in [2.75, 3.05) is 6.54 Å². The third kappa shape index (κ3) is 3.41. The molecule has 1 fully saturated rings. The van der Waals surface area contributed by atoms with Crippen molar-refractivity contribution in [3.05, 3.63) is 53.3 Å².